The van der Waals surface area contributed by atoms with Gasteiger partial charge in [0.2, 0.25) is 0 Å². The van der Waals surface area contributed by atoms with Crippen LogP contribution in [0, 0.1) is 0 Å². The molecule has 2 saturated heterocycles. The lowest BCUT2D eigenvalue weighted by atomic mass is 10.2. The molecule has 198 valence electrons. The van der Waals surface area contributed by atoms with Crippen molar-refractivity contribution in [3.05, 3.63) is 32.5 Å². The van der Waals surface area contributed by atoms with Crippen molar-refractivity contribution in [1.29, 1.82) is 0 Å². The van der Waals surface area contributed by atoms with E-state index in [9.17, 15) is 32.3 Å². The Kier molecular flexibility index (Phi) is 6.88. The summed E-state index contributed by atoms with van der Waals surface area (Å²) in [5, 5.41) is 3.81. The molecule has 3 aliphatic heterocycles. The van der Waals surface area contributed by atoms with Crippen LogP contribution in [0.25, 0.3) is 0 Å². The maximum absolute atomic E-state index is 13.7. The van der Waals surface area contributed by atoms with Gasteiger partial charge in [-0.15, -0.1) is 5.06 Å². The van der Waals surface area contributed by atoms with Crippen LogP contribution in [0.15, 0.2) is 21.2 Å². The molecular formula is C21H27F3N6O6. The van der Waals surface area contributed by atoms with E-state index in [1.807, 2.05) is 13.8 Å². The summed E-state index contributed by atoms with van der Waals surface area (Å²) in [5.41, 5.74) is -1.12. The molecule has 12 nitrogen and oxygen atoms in total. The van der Waals surface area contributed by atoms with E-state index in [4.69, 9.17) is 9.57 Å². The molecule has 1 aromatic rings. The highest BCUT2D eigenvalue weighted by molar-refractivity contribution is 5.80. The molecule has 0 saturated carbocycles. The van der Waals surface area contributed by atoms with Crippen LogP contribution in [0.5, 0.6) is 0 Å². The van der Waals surface area contributed by atoms with Crippen LogP contribution in [-0.4, -0.2) is 77.8 Å². The third kappa shape index (κ3) is 4.48. The lowest BCUT2D eigenvalue weighted by Crippen LogP contribution is -2.61. The predicted molar refractivity (Wildman–Crippen MR) is 120 cm³/mol. The molecule has 1 N–H and O–H groups in total. The molecule has 1 aromatic heterocycles. The number of anilines is 2. The van der Waals surface area contributed by atoms with Gasteiger partial charge in [-0.05, 0) is 13.8 Å². The van der Waals surface area contributed by atoms with Crippen LogP contribution in [0.3, 0.4) is 0 Å². The van der Waals surface area contributed by atoms with Crippen molar-refractivity contribution in [2.24, 2.45) is 7.05 Å². The predicted octanol–water partition coefficient (Wildman–Crippen LogP) is -0.163. The highest BCUT2D eigenvalue weighted by Gasteiger charge is 2.51. The Hall–Kier alpha value is -3.33. The number of piperazine rings is 1. The number of allylic oxidation sites excluding steroid dienone is 1. The van der Waals surface area contributed by atoms with Gasteiger partial charge in [-0.3, -0.25) is 14.3 Å². The van der Waals surface area contributed by atoms with E-state index in [1.165, 1.54) is 11.9 Å². The maximum atomic E-state index is 13.7. The first-order valence-electron chi connectivity index (χ1n) is 11.4. The highest BCUT2D eigenvalue weighted by Crippen LogP contribution is 2.39. The van der Waals surface area contributed by atoms with Crippen LogP contribution in [0.1, 0.15) is 26.3 Å². The number of aromatic nitrogens is 2. The second-order valence-corrected chi connectivity index (χ2v) is 8.93. The van der Waals surface area contributed by atoms with Crippen molar-refractivity contribution >= 4 is 23.4 Å². The number of rotatable bonds is 5. The summed E-state index contributed by atoms with van der Waals surface area (Å²) >= 11 is 0. The standard InChI is InChI=1S/C21H27F3N6O6/c1-12(2)4-8-28-14-15(26(3)20(34)29(16(14)31)13-5-11-35-17(13)32)30(36-18(33)21(22,23)24)19(28)27-9-6-25-7-10-27/h4,13,19,25H,5-11H2,1-3H3. The van der Waals surface area contributed by atoms with Gasteiger partial charge in [-0.1, -0.05) is 11.6 Å². The zero-order valence-electron chi connectivity index (χ0n) is 20.0. The largest absolute Gasteiger partial charge is 0.493 e. The number of hydrogen-bond donors (Lipinski definition) is 1. The topological polar surface area (TPSA) is 118 Å². The van der Waals surface area contributed by atoms with E-state index in [2.05, 4.69) is 5.32 Å². The van der Waals surface area contributed by atoms with Gasteiger partial charge in [0, 0.05) is 46.2 Å². The quantitative estimate of drug-likeness (QED) is 0.418. The fourth-order valence-electron chi connectivity index (χ4n) is 4.51. The molecule has 2 atom stereocenters. The van der Waals surface area contributed by atoms with Crippen molar-refractivity contribution in [2.45, 2.75) is 38.8 Å². The second-order valence-electron chi connectivity index (χ2n) is 8.93. The van der Waals surface area contributed by atoms with Gasteiger partial charge in [0.1, 0.15) is 6.04 Å². The first-order chi connectivity index (χ1) is 16.9. The molecule has 2 unspecified atom stereocenters. The molecule has 0 aromatic carbocycles. The lowest BCUT2D eigenvalue weighted by Gasteiger charge is -2.40. The van der Waals surface area contributed by atoms with E-state index >= 15 is 0 Å². The zero-order chi connectivity index (χ0) is 26.4. The summed E-state index contributed by atoms with van der Waals surface area (Å²) in [4.78, 5) is 59.2. The van der Waals surface area contributed by atoms with Gasteiger partial charge >= 0.3 is 23.8 Å². The summed E-state index contributed by atoms with van der Waals surface area (Å²) in [6, 6.07) is -1.17. The average molecular weight is 516 g/mol. The number of cyclic esters (lactones) is 1. The Balaban J connectivity index is 1.95. The molecule has 15 heteroatoms. The summed E-state index contributed by atoms with van der Waals surface area (Å²) in [7, 11) is 1.24. The fourth-order valence-corrected chi connectivity index (χ4v) is 4.51. The van der Waals surface area contributed by atoms with Crippen molar-refractivity contribution in [1.82, 2.24) is 19.4 Å². The Morgan fingerprint density at radius 1 is 1.19 bits per heavy atom. The molecule has 0 radical (unpaired) electrons. The first kappa shape index (κ1) is 25.8. The number of halogens is 3. The summed E-state index contributed by atoms with van der Waals surface area (Å²) in [6.45, 7) is 5.44. The van der Waals surface area contributed by atoms with Crippen LogP contribution in [0.2, 0.25) is 0 Å². The van der Waals surface area contributed by atoms with Crippen LogP contribution < -0.4 is 26.5 Å². The number of carbonyl (C=O) groups excluding carboxylic acids is 2. The Labute approximate surface area is 203 Å². The van der Waals surface area contributed by atoms with Crippen LogP contribution in [-0.2, 0) is 26.2 Å². The SMILES string of the molecule is CC(C)=CCN1c2c(n(C)c(=O)n(C3CCOC3=O)c2=O)N(OC(=O)C(F)(F)F)C1N1CCNCC1. The monoisotopic (exact) mass is 516 g/mol. The van der Waals surface area contributed by atoms with E-state index in [1.54, 1.807) is 11.0 Å². The number of hydroxylamine groups is 1. The number of alkyl halides is 3. The summed E-state index contributed by atoms with van der Waals surface area (Å²) in [5.74, 6) is -3.55. The van der Waals surface area contributed by atoms with E-state index in [-0.39, 0.29) is 31.1 Å². The second kappa shape index (κ2) is 9.61. The molecule has 0 aliphatic carbocycles. The molecule has 0 amide bonds. The molecule has 36 heavy (non-hydrogen) atoms. The van der Waals surface area contributed by atoms with Crippen LogP contribution in [0.4, 0.5) is 24.7 Å². The Morgan fingerprint density at radius 2 is 1.86 bits per heavy atom. The first-order valence-corrected chi connectivity index (χ1v) is 11.4. The molecule has 4 heterocycles. The molecule has 0 spiro atoms. The number of esters is 1. The van der Waals surface area contributed by atoms with E-state index in [0.29, 0.717) is 31.2 Å². The zero-order valence-corrected chi connectivity index (χ0v) is 20.0. The van der Waals surface area contributed by atoms with Gasteiger partial charge in [0.25, 0.3) is 5.56 Å². The minimum Gasteiger partial charge on any atom is -0.464 e. The normalized spacial score (nSPS) is 22.4. The van der Waals surface area contributed by atoms with Gasteiger partial charge in [0.15, 0.2) is 17.8 Å². The van der Waals surface area contributed by atoms with Gasteiger partial charge in [-0.25, -0.2) is 19.0 Å². The van der Waals surface area contributed by atoms with Crippen molar-refractivity contribution in [3.8, 4) is 0 Å². The molecular weight excluding hydrogens is 489 g/mol. The van der Waals surface area contributed by atoms with Crippen molar-refractivity contribution < 1.29 is 32.3 Å². The Morgan fingerprint density at radius 3 is 2.42 bits per heavy atom. The number of fused-ring (bicyclic) bond motifs is 1. The fraction of sp³-hybridized carbons (Fsp3) is 0.619. The summed E-state index contributed by atoms with van der Waals surface area (Å²) < 4.78 is 46.3. The van der Waals surface area contributed by atoms with E-state index < -0.39 is 41.7 Å². The number of hydrogen-bond acceptors (Lipinski definition) is 10. The molecule has 4 rings (SSSR count). The van der Waals surface area contributed by atoms with Gasteiger partial charge in [0.05, 0.1) is 6.61 Å². The smallest absolute Gasteiger partial charge is 0.464 e. The van der Waals surface area contributed by atoms with Gasteiger partial charge < -0.3 is 19.8 Å². The van der Waals surface area contributed by atoms with Gasteiger partial charge in [-0.2, -0.15) is 13.2 Å². The lowest BCUT2D eigenvalue weighted by molar-refractivity contribution is -0.203. The number of nitrogens with zero attached hydrogens (tertiary/aromatic N) is 5. The minimum absolute atomic E-state index is 0.0242. The number of carbonyl (C=O) groups is 2. The number of nitrogens with one attached hydrogen (secondary N) is 1. The third-order valence-electron chi connectivity index (χ3n) is 6.23. The molecule has 0 bridgehead atoms. The minimum atomic E-state index is -5.32. The van der Waals surface area contributed by atoms with E-state index in [0.717, 1.165) is 14.7 Å². The molecule has 2 fully saturated rings. The molecule has 3 aliphatic rings. The third-order valence-corrected chi connectivity index (χ3v) is 6.23. The Bertz CT molecular complexity index is 1200. The van der Waals surface area contributed by atoms with Crippen LogP contribution >= 0.6 is 0 Å². The van der Waals surface area contributed by atoms with Crippen molar-refractivity contribution in [3.63, 3.8) is 0 Å². The maximum Gasteiger partial charge on any atom is 0.493 e. The van der Waals surface area contributed by atoms with Crippen molar-refractivity contribution in [2.75, 3.05) is 49.3 Å². The number of ether oxygens (including phenoxy) is 1. The highest BCUT2D eigenvalue weighted by atomic mass is 19.4. The summed E-state index contributed by atoms with van der Waals surface area (Å²) in [6.07, 6.45) is -4.61. The average Bonchev–Trinajstić information content (AvgIpc) is 3.37.